The summed E-state index contributed by atoms with van der Waals surface area (Å²) in [6.45, 7) is 4.58. The molecule has 1 N–H and O–H groups in total. The van der Waals surface area contributed by atoms with Gasteiger partial charge in [0.1, 0.15) is 6.61 Å². The first-order chi connectivity index (χ1) is 8.74. The highest BCUT2D eigenvalue weighted by Gasteiger charge is 2.13. The minimum atomic E-state index is 0.0383. The van der Waals surface area contributed by atoms with E-state index in [1.165, 1.54) is 20.9 Å². The maximum atomic E-state index is 8.80. The second-order valence-electron chi connectivity index (χ2n) is 3.99. The van der Waals surface area contributed by atoms with Gasteiger partial charge in [-0.15, -0.1) is 22.7 Å². The van der Waals surface area contributed by atoms with Crippen LogP contribution in [0.1, 0.15) is 20.9 Å². The summed E-state index contributed by atoms with van der Waals surface area (Å²) in [5.41, 5.74) is 3.63. The van der Waals surface area contributed by atoms with E-state index in [1.54, 1.807) is 28.9 Å². The summed E-state index contributed by atoms with van der Waals surface area (Å²) in [4.78, 5) is 2.47. The fraction of sp³-hybridized carbons (Fsp3) is 0.286. The second-order valence-corrected chi connectivity index (χ2v) is 5.82. The Labute approximate surface area is 115 Å². The van der Waals surface area contributed by atoms with Crippen LogP contribution in [0.15, 0.2) is 29.2 Å². The van der Waals surface area contributed by atoms with Crippen LogP contribution >= 0.6 is 22.7 Å². The Bertz CT molecular complexity index is 495. The van der Waals surface area contributed by atoms with Crippen LogP contribution < -0.4 is 0 Å². The van der Waals surface area contributed by atoms with Gasteiger partial charge in [0.05, 0.1) is 12.9 Å². The maximum Gasteiger partial charge on any atom is 0.110 e. The van der Waals surface area contributed by atoms with Crippen molar-refractivity contribution in [1.82, 2.24) is 0 Å². The van der Waals surface area contributed by atoms with Gasteiger partial charge in [-0.1, -0.05) is 0 Å². The number of aliphatic hydroxyl groups excluding tert-OH is 1. The molecule has 2 aromatic heterocycles. The van der Waals surface area contributed by atoms with E-state index in [4.69, 9.17) is 9.84 Å². The number of thiophene rings is 2. The maximum absolute atomic E-state index is 8.80. The van der Waals surface area contributed by atoms with Crippen molar-refractivity contribution in [3.8, 4) is 0 Å². The second kappa shape index (κ2) is 6.18. The van der Waals surface area contributed by atoms with Crippen molar-refractivity contribution in [2.75, 3.05) is 13.2 Å². The van der Waals surface area contributed by atoms with Crippen LogP contribution in [0.5, 0.6) is 0 Å². The molecule has 2 nitrogen and oxygen atoms in total. The molecule has 0 amide bonds. The molecule has 0 aliphatic heterocycles. The monoisotopic (exact) mass is 280 g/mol. The zero-order chi connectivity index (χ0) is 13.0. The van der Waals surface area contributed by atoms with Crippen LogP contribution in [0.3, 0.4) is 0 Å². The fourth-order valence-electron chi connectivity index (χ4n) is 1.70. The minimum Gasteiger partial charge on any atom is -0.498 e. The average Bonchev–Trinajstić information content (AvgIpc) is 2.95. The standard InChI is InChI=1S/C14H16O2S2/c1-10-3-7-17-13(10)12(9-16-6-5-15)14-11(2)4-8-18-14/h3-4,7-9,15H,5-6H2,1-2H3. The highest BCUT2D eigenvalue weighted by atomic mass is 32.1. The highest BCUT2D eigenvalue weighted by molar-refractivity contribution is 7.14. The van der Waals surface area contributed by atoms with Gasteiger partial charge in [-0.2, -0.15) is 0 Å². The van der Waals surface area contributed by atoms with Crippen LogP contribution in [-0.4, -0.2) is 18.3 Å². The Balaban J connectivity index is 2.39. The highest BCUT2D eigenvalue weighted by Crippen LogP contribution is 2.35. The lowest BCUT2D eigenvalue weighted by atomic mass is 10.1. The predicted molar refractivity (Wildman–Crippen MR) is 78.2 cm³/mol. The molecule has 0 radical (unpaired) electrons. The SMILES string of the molecule is Cc1ccsc1C(=COCCO)c1sccc1C. The zero-order valence-corrected chi connectivity index (χ0v) is 12.1. The van der Waals surface area contributed by atoms with Crippen LogP contribution in [-0.2, 0) is 4.74 Å². The smallest absolute Gasteiger partial charge is 0.110 e. The van der Waals surface area contributed by atoms with Crippen molar-refractivity contribution in [3.05, 3.63) is 50.0 Å². The summed E-state index contributed by atoms with van der Waals surface area (Å²) < 4.78 is 5.40. The van der Waals surface area contributed by atoms with Gasteiger partial charge in [0.2, 0.25) is 0 Å². The molecular weight excluding hydrogens is 264 g/mol. The van der Waals surface area contributed by atoms with Gasteiger partial charge in [0.25, 0.3) is 0 Å². The van der Waals surface area contributed by atoms with Gasteiger partial charge in [-0.3, -0.25) is 0 Å². The topological polar surface area (TPSA) is 29.5 Å². The Morgan fingerprint density at radius 3 is 2.11 bits per heavy atom. The molecule has 4 heteroatoms. The summed E-state index contributed by atoms with van der Waals surface area (Å²) in [5.74, 6) is 0. The van der Waals surface area contributed by atoms with E-state index in [0.29, 0.717) is 6.61 Å². The van der Waals surface area contributed by atoms with Crippen molar-refractivity contribution in [3.63, 3.8) is 0 Å². The Morgan fingerprint density at radius 1 is 1.17 bits per heavy atom. The molecule has 2 heterocycles. The molecule has 96 valence electrons. The zero-order valence-electron chi connectivity index (χ0n) is 10.5. The fourth-order valence-corrected chi connectivity index (χ4v) is 3.65. The summed E-state index contributed by atoms with van der Waals surface area (Å²) in [6.07, 6.45) is 1.77. The molecule has 0 unspecified atom stereocenters. The molecule has 2 aromatic rings. The molecule has 0 fully saturated rings. The van der Waals surface area contributed by atoms with E-state index in [0.717, 1.165) is 5.57 Å². The van der Waals surface area contributed by atoms with Gasteiger partial charge < -0.3 is 9.84 Å². The van der Waals surface area contributed by atoms with Crippen molar-refractivity contribution < 1.29 is 9.84 Å². The third kappa shape index (κ3) is 2.83. The van der Waals surface area contributed by atoms with Gasteiger partial charge >= 0.3 is 0 Å². The molecule has 0 aliphatic rings. The van der Waals surface area contributed by atoms with Crippen molar-refractivity contribution in [2.24, 2.45) is 0 Å². The average molecular weight is 280 g/mol. The summed E-state index contributed by atoms with van der Waals surface area (Å²) in [5, 5.41) is 13.0. The molecule has 0 saturated carbocycles. The normalized spacial score (nSPS) is 10.4. The van der Waals surface area contributed by atoms with Crippen LogP contribution in [0.4, 0.5) is 0 Å². The molecule has 0 aliphatic carbocycles. The molecule has 0 saturated heterocycles. The molecule has 18 heavy (non-hydrogen) atoms. The number of hydrogen-bond acceptors (Lipinski definition) is 4. The predicted octanol–water partition coefficient (Wildman–Crippen LogP) is 3.82. The van der Waals surface area contributed by atoms with Gasteiger partial charge in [-0.25, -0.2) is 0 Å². The van der Waals surface area contributed by atoms with E-state index < -0.39 is 0 Å². The Hall–Kier alpha value is -1.10. The van der Waals surface area contributed by atoms with E-state index >= 15 is 0 Å². The van der Waals surface area contributed by atoms with Crippen molar-refractivity contribution >= 4 is 28.2 Å². The molecule has 0 atom stereocenters. The molecule has 0 spiro atoms. The third-order valence-corrected chi connectivity index (χ3v) is 4.72. The summed E-state index contributed by atoms with van der Waals surface area (Å²) >= 11 is 3.44. The number of aliphatic hydroxyl groups is 1. The molecule has 2 rings (SSSR count). The number of hydrogen-bond donors (Lipinski definition) is 1. The summed E-state index contributed by atoms with van der Waals surface area (Å²) in [6, 6.07) is 4.23. The van der Waals surface area contributed by atoms with Crippen molar-refractivity contribution in [1.29, 1.82) is 0 Å². The van der Waals surface area contributed by atoms with Gasteiger partial charge in [-0.05, 0) is 47.9 Å². The van der Waals surface area contributed by atoms with Crippen LogP contribution in [0.25, 0.3) is 5.57 Å². The van der Waals surface area contributed by atoms with Crippen LogP contribution in [0.2, 0.25) is 0 Å². The minimum absolute atomic E-state index is 0.0383. The lowest BCUT2D eigenvalue weighted by molar-refractivity contribution is 0.167. The quantitative estimate of drug-likeness (QED) is 0.666. The molecular formula is C14H16O2S2. The number of rotatable bonds is 5. The Morgan fingerprint density at radius 2 is 1.72 bits per heavy atom. The van der Waals surface area contributed by atoms with Crippen LogP contribution in [0, 0.1) is 13.8 Å². The first kappa shape index (κ1) is 13.3. The molecule has 0 aromatic carbocycles. The first-order valence-corrected chi connectivity index (χ1v) is 7.51. The first-order valence-electron chi connectivity index (χ1n) is 5.75. The molecule has 0 bridgehead atoms. The summed E-state index contributed by atoms with van der Waals surface area (Å²) in [7, 11) is 0. The largest absolute Gasteiger partial charge is 0.498 e. The lowest BCUT2D eigenvalue weighted by Gasteiger charge is -2.07. The third-order valence-electron chi connectivity index (χ3n) is 2.62. The Kier molecular flexibility index (Phi) is 4.58. The number of ether oxygens (including phenoxy) is 1. The van der Waals surface area contributed by atoms with E-state index in [-0.39, 0.29) is 6.61 Å². The van der Waals surface area contributed by atoms with E-state index in [1.807, 2.05) is 0 Å². The van der Waals surface area contributed by atoms with E-state index in [9.17, 15) is 0 Å². The van der Waals surface area contributed by atoms with Gasteiger partial charge in [0, 0.05) is 15.3 Å². The lowest BCUT2D eigenvalue weighted by Crippen LogP contribution is -1.95. The van der Waals surface area contributed by atoms with Crippen molar-refractivity contribution in [2.45, 2.75) is 13.8 Å². The number of aryl methyl sites for hydroxylation is 2. The van der Waals surface area contributed by atoms with E-state index in [2.05, 4.69) is 36.7 Å². The van der Waals surface area contributed by atoms with Gasteiger partial charge in [0.15, 0.2) is 0 Å².